The zero-order chi connectivity index (χ0) is 22.8. The molecule has 0 fully saturated rings. The van der Waals surface area contributed by atoms with Crippen molar-refractivity contribution in [3.8, 4) is 16.9 Å². The molecule has 33 heavy (non-hydrogen) atoms. The van der Waals surface area contributed by atoms with Crippen LogP contribution in [0.2, 0.25) is 0 Å². The number of nitrogens with one attached hydrogen (secondary N) is 1. The third-order valence-electron chi connectivity index (χ3n) is 5.22. The number of para-hydroxylation sites is 1. The van der Waals surface area contributed by atoms with Crippen molar-refractivity contribution in [2.24, 2.45) is 0 Å². The highest BCUT2D eigenvalue weighted by molar-refractivity contribution is 5.78. The minimum Gasteiger partial charge on any atom is -0.351 e. The molecule has 5 rings (SSSR count). The molecule has 0 aliphatic heterocycles. The second-order valence-corrected chi connectivity index (χ2v) is 7.75. The monoisotopic (exact) mass is 438 g/mol. The number of carbonyl (C=O) groups is 1. The van der Waals surface area contributed by atoms with Crippen LogP contribution in [0.3, 0.4) is 0 Å². The van der Waals surface area contributed by atoms with E-state index in [0.717, 1.165) is 33.9 Å². The number of fused-ring (bicyclic) bond motifs is 1. The van der Waals surface area contributed by atoms with Crippen LogP contribution in [0.25, 0.3) is 22.7 Å². The zero-order valence-corrected chi connectivity index (χ0v) is 18.3. The molecule has 0 bridgehead atoms. The van der Waals surface area contributed by atoms with Gasteiger partial charge < -0.3 is 5.32 Å². The molecule has 4 heterocycles. The van der Waals surface area contributed by atoms with Crippen molar-refractivity contribution in [2.75, 3.05) is 0 Å². The predicted octanol–water partition coefficient (Wildman–Crippen LogP) is 2.85. The van der Waals surface area contributed by atoms with Crippen LogP contribution in [0.4, 0.5) is 0 Å². The molecular weight excluding hydrogens is 416 g/mol. The summed E-state index contributed by atoms with van der Waals surface area (Å²) >= 11 is 0. The van der Waals surface area contributed by atoms with E-state index in [2.05, 4.69) is 25.4 Å². The van der Waals surface area contributed by atoms with Crippen LogP contribution in [-0.4, -0.2) is 40.3 Å². The van der Waals surface area contributed by atoms with Crippen molar-refractivity contribution in [3.63, 3.8) is 0 Å². The number of benzene rings is 1. The van der Waals surface area contributed by atoms with E-state index in [1.807, 2.05) is 73.3 Å². The molecule has 1 amide bonds. The molecule has 1 N–H and O–H groups in total. The molecule has 9 heteroatoms. The summed E-state index contributed by atoms with van der Waals surface area (Å²) in [4.78, 5) is 25.5. The molecule has 0 radical (unpaired) electrons. The van der Waals surface area contributed by atoms with E-state index >= 15 is 0 Å². The van der Waals surface area contributed by atoms with Gasteiger partial charge >= 0.3 is 0 Å². The highest BCUT2D eigenvalue weighted by Crippen LogP contribution is 2.23. The van der Waals surface area contributed by atoms with E-state index in [1.54, 1.807) is 16.9 Å². The smallest absolute Gasteiger partial charge is 0.252 e. The summed E-state index contributed by atoms with van der Waals surface area (Å²) in [5.41, 5.74) is 5.35. The highest BCUT2D eigenvalue weighted by Gasteiger charge is 2.15. The average molecular weight is 438 g/mol. The average Bonchev–Trinajstić information content (AvgIpc) is 3.43. The van der Waals surface area contributed by atoms with Crippen molar-refractivity contribution in [3.05, 3.63) is 89.9 Å². The Morgan fingerprint density at radius 3 is 2.58 bits per heavy atom. The van der Waals surface area contributed by atoms with Crippen molar-refractivity contribution < 1.29 is 4.79 Å². The molecule has 1 aromatic carbocycles. The number of hydrogen-bond donors (Lipinski definition) is 1. The lowest BCUT2D eigenvalue weighted by molar-refractivity contribution is -0.120. The fraction of sp³-hybridized carbons (Fsp3) is 0.167. The number of nitrogens with zero attached hydrogens (tertiary/aromatic N) is 7. The van der Waals surface area contributed by atoms with Crippen LogP contribution in [0.1, 0.15) is 22.8 Å². The first-order valence-corrected chi connectivity index (χ1v) is 10.6. The Bertz CT molecular complexity index is 1420. The number of aryl methyl sites for hydroxylation is 2. The third-order valence-corrected chi connectivity index (χ3v) is 5.22. The van der Waals surface area contributed by atoms with E-state index in [0.29, 0.717) is 18.1 Å². The molecule has 0 saturated carbocycles. The molecule has 0 aliphatic carbocycles. The maximum Gasteiger partial charge on any atom is 0.252 e. The Hall–Kier alpha value is -4.40. The molecule has 0 saturated heterocycles. The third kappa shape index (κ3) is 4.33. The second-order valence-electron chi connectivity index (χ2n) is 7.75. The van der Waals surface area contributed by atoms with Gasteiger partial charge in [0.25, 0.3) is 5.78 Å². The molecular formula is C24H22N8O. The van der Waals surface area contributed by atoms with Gasteiger partial charge in [-0.2, -0.15) is 10.1 Å². The summed E-state index contributed by atoms with van der Waals surface area (Å²) in [6, 6.07) is 15.6. The van der Waals surface area contributed by atoms with Crippen molar-refractivity contribution in [2.45, 2.75) is 26.8 Å². The minimum atomic E-state index is -0.173. The quantitative estimate of drug-likeness (QED) is 0.437. The molecule has 164 valence electrons. The van der Waals surface area contributed by atoms with Gasteiger partial charge in [0.1, 0.15) is 0 Å². The van der Waals surface area contributed by atoms with Crippen LogP contribution in [-0.2, 0) is 17.8 Å². The molecule has 9 nitrogen and oxygen atoms in total. The highest BCUT2D eigenvalue weighted by atomic mass is 16.1. The van der Waals surface area contributed by atoms with Gasteiger partial charge in [-0.3, -0.25) is 9.78 Å². The SMILES string of the molecule is Cc1cc(C)n2nc(CC(=O)NCc3cn(-c4ccccc4)nc3-c3ccncc3)nc2n1. The number of carbonyl (C=O) groups excluding carboxylic acids is 1. The summed E-state index contributed by atoms with van der Waals surface area (Å²) in [5.74, 6) is 0.760. The lowest BCUT2D eigenvalue weighted by atomic mass is 10.1. The van der Waals surface area contributed by atoms with Crippen LogP contribution in [0.5, 0.6) is 0 Å². The summed E-state index contributed by atoms with van der Waals surface area (Å²) in [5, 5.41) is 12.2. The van der Waals surface area contributed by atoms with Gasteiger partial charge in [0.05, 0.1) is 17.8 Å². The predicted molar refractivity (Wildman–Crippen MR) is 123 cm³/mol. The van der Waals surface area contributed by atoms with E-state index in [9.17, 15) is 4.79 Å². The molecule has 4 aromatic heterocycles. The summed E-state index contributed by atoms with van der Waals surface area (Å²) < 4.78 is 3.47. The van der Waals surface area contributed by atoms with Crippen LogP contribution >= 0.6 is 0 Å². The summed E-state index contributed by atoms with van der Waals surface area (Å²) in [6.07, 6.45) is 5.46. The van der Waals surface area contributed by atoms with Crippen molar-refractivity contribution in [1.82, 2.24) is 39.7 Å². The van der Waals surface area contributed by atoms with Crippen LogP contribution in [0.15, 0.2) is 67.1 Å². The van der Waals surface area contributed by atoms with Gasteiger partial charge in [-0.25, -0.2) is 14.2 Å². The van der Waals surface area contributed by atoms with Gasteiger partial charge in [0, 0.05) is 47.7 Å². The first-order valence-electron chi connectivity index (χ1n) is 10.6. The van der Waals surface area contributed by atoms with E-state index in [-0.39, 0.29) is 12.3 Å². The van der Waals surface area contributed by atoms with Crippen molar-refractivity contribution >= 4 is 11.7 Å². The number of pyridine rings is 1. The fourth-order valence-electron chi connectivity index (χ4n) is 3.69. The lowest BCUT2D eigenvalue weighted by Gasteiger charge is -2.04. The molecule has 0 aliphatic rings. The van der Waals surface area contributed by atoms with E-state index in [1.165, 1.54) is 0 Å². The second kappa shape index (κ2) is 8.62. The number of hydrogen-bond acceptors (Lipinski definition) is 6. The summed E-state index contributed by atoms with van der Waals surface area (Å²) in [6.45, 7) is 4.17. The normalized spacial score (nSPS) is 11.1. The van der Waals surface area contributed by atoms with E-state index < -0.39 is 0 Å². The Morgan fingerprint density at radius 1 is 1.00 bits per heavy atom. The molecule has 5 aromatic rings. The Kier molecular flexibility index (Phi) is 5.35. The maximum atomic E-state index is 12.7. The fourth-order valence-corrected chi connectivity index (χ4v) is 3.69. The number of rotatable bonds is 6. The molecule has 0 unspecified atom stereocenters. The van der Waals surface area contributed by atoms with Gasteiger partial charge in [-0.1, -0.05) is 18.2 Å². The van der Waals surface area contributed by atoms with Gasteiger partial charge in [0.2, 0.25) is 5.91 Å². The number of amides is 1. The van der Waals surface area contributed by atoms with Crippen molar-refractivity contribution in [1.29, 1.82) is 0 Å². The lowest BCUT2D eigenvalue weighted by Crippen LogP contribution is -2.25. The topological polar surface area (TPSA) is 103 Å². The minimum absolute atomic E-state index is 0.0687. The molecule has 0 atom stereocenters. The van der Waals surface area contributed by atoms with E-state index in [4.69, 9.17) is 5.10 Å². The summed E-state index contributed by atoms with van der Waals surface area (Å²) in [7, 11) is 0. The zero-order valence-electron chi connectivity index (χ0n) is 18.3. The first kappa shape index (κ1) is 20.5. The Balaban J connectivity index is 1.36. The van der Waals surface area contributed by atoms with Gasteiger partial charge in [-0.15, -0.1) is 5.10 Å². The van der Waals surface area contributed by atoms with Crippen LogP contribution in [0, 0.1) is 13.8 Å². The Labute approximate surface area is 190 Å². The number of aromatic nitrogens is 7. The van der Waals surface area contributed by atoms with Gasteiger partial charge in [-0.05, 0) is 44.2 Å². The van der Waals surface area contributed by atoms with Crippen LogP contribution < -0.4 is 5.32 Å². The largest absolute Gasteiger partial charge is 0.351 e. The molecule has 0 spiro atoms. The maximum absolute atomic E-state index is 12.7. The standard InChI is InChI=1S/C24H22N8O/c1-16-12-17(2)32-24(27-16)28-21(29-32)13-22(33)26-14-19-15-31(20-6-4-3-5-7-20)30-23(19)18-8-10-25-11-9-18/h3-12,15H,13-14H2,1-2H3,(H,26,33). The first-order chi connectivity index (χ1) is 16.1. The van der Waals surface area contributed by atoms with Gasteiger partial charge in [0.15, 0.2) is 5.82 Å². The Morgan fingerprint density at radius 2 is 1.79 bits per heavy atom.